The fourth-order valence-electron chi connectivity index (χ4n) is 3.72. The third-order valence-corrected chi connectivity index (χ3v) is 5.86. The van der Waals surface area contributed by atoms with Crippen LogP contribution in [-0.2, 0) is 17.8 Å². The first-order chi connectivity index (χ1) is 11.8. The van der Waals surface area contributed by atoms with Gasteiger partial charge in [0.1, 0.15) is 0 Å². The summed E-state index contributed by atoms with van der Waals surface area (Å²) >= 11 is 1.73. The molecule has 0 aromatic carbocycles. The smallest absolute Gasteiger partial charge is 0.165 e. The Labute approximate surface area is 146 Å². The second-order valence-corrected chi connectivity index (χ2v) is 7.82. The lowest BCUT2D eigenvalue weighted by atomic mass is 10.0. The SMILES string of the molecule is Cc1nc([C@H]2CCCN2Cc2nnnn2CC2CCOCC2)cs1. The van der Waals surface area contributed by atoms with E-state index in [2.05, 4.69) is 32.7 Å². The van der Waals surface area contributed by atoms with E-state index in [1.165, 1.54) is 18.5 Å². The van der Waals surface area contributed by atoms with Crippen LogP contribution >= 0.6 is 11.3 Å². The van der Waals surface area contributed by atoms with Crippen molar-refractivity contribution in [2.75, 3.05) is 19.8 Å². The molecule has 0 N–H and O–H groups in total. The fraction of sp³-hybridized carbons (Fsp3) is 0.750. The zero-order chi connectivity index (χ0) is 16.4. The summed E-state index contributed by atoms with van der Waals surface area (Å²) in [7, 11) is 0. The van der Waals surface area contributed by atoms with Crippen LogP contribution in [0, 0.1) is 12.8 Å². The molecule has 1 atom stereocenters. The van der Waals surface area contributed by atoms with Crippen molar-refractivity contribution in [3.05, 3.63) is 21.9 Å². The molecule has 24 heavy (non-hydrogen) atoms. The minimum absolute atomic E-state index is 0.406. The summed E-state index contributed by atoms with van der Waals surface area (Å²) in [4.78, 5) is 7.17. The highest BCUT2D eigenvalue weighted by Gasteiger charge is 2.29. The molecule has 0 bridgehead atoms. The molecule has 8 heteroatoms. The van der Waals surface area contributed by atoms with Crippen LogP contribution in [0.1, 0.15) is 48.3 Å². The van der Waals surface area contributed by atoms with Crippen LogP contribution in [0.2, 0.25) is 0 Å². The Morgan fingerprint density at radius 2 is 2.17 bits per heavy atom. The van der Waals surface area contributed by atoms with Gasteiger partial charge in [0, 0.05) is 25.1 Å². The van der Waals surface area contributed by atoms with Gasteiger partial charge in [-0.15, -0.1) is 16.4 Å². The summed E-state index contributed by atoms with van der Waals surface area (Å²) in [6, 6.07) is 0.406. The van der Waals surface area contributed by atoms with E-state index in [0.29, 0.717) is 12.0 Å². The van der Waals surface area contributed by atoms with Crippen molar-refractivity contribution in [1.29, 1.82) is 0 Å². The normalized spacial score (nSPS) is 23.1. The average Bonchev–Trinajstić information content (AvgIpc) is 3.31. The minimum Gasteiger partial charge on any atom is -0.381 e. The summed E-state index contributed by atoms with van der Waals surface area (Å²) in [5.41, 5.74) is 1.21. The lowest BCUT2D eigenvalue weighted by molar-refractivity contribution is 0.0593. The predicted octanol–water partition coefficient (Wildman–Crippen LogP) is 2.20. The van der Waals surface area contributed by atoms with Gasteiger partial charge in [0.25, 0.3) is 0 Å². The van der Waals surface area contributed by atoms with Crippen LogP contribution in [0.5, 0.6) is 0 Å². The molecule has 2 saturated heterocycles. The molecule has 2 aromatic heterocycles. The van der Waals surface area contributed by atoms with Gasteiger partial charge in [-0.2, -0.15) is 0 Å². The van der Waals surface area contributed by atoms with Crippen LogP contribution in [-0.4, -0.2) is 49.8 Å². The molecule has 0 aliphatic carbocycles. The van der Waals surface area contributed by atoms with Gasteiger partial charge in [0.05, 0.1) is 23.3 Å². The van der Waals surface area contributed by atoms with Crippen LogP contribution in [0.4, 0.5) is 0 Å². The van der Waals surface area contributed by atoms with E-state index >= 15 is 0 Å². The van der Waals surface area contributed by atoms with Crippen molar-refractivity contribution in [3.8, 4) is 0 Å². The number of rotatable bonds is 5. The number of nitrogens with zero attached hydrogens (tertiary/aromatic N) is 6. The van der Waals surface area contributed by atoms with E-state index in [0.717, 1.165) is 56.5 Å². The molecular weight excluding hydrogens is 324 g/mol. The molecule has 4 heterocycles. The van der Waals surface area contributed by atoms with Crippen molar-refractivity contribution in [3.63, 3.8) is 0 Å². The number of hydrogen-bond donors (Lipinski definition) is 0. The van der Waals surface area contributed by atoms with Gasteiger partial charge >= 0.3 is 0 Å². The standard InChI is InChI=1S/C16H24N6OS/c1-12-17-14(11-24-12)15-3-2-6-21(15)10-16-18-19-20-22(16)9-13-4-7-23-8-5-13/h11,13,15H,2-10H2,1H3/t15-/m1/s1. The second-order valence-electron chi connectivity index (χ2n) is 6.75. The Morgan fingerprint density at radius 3 is 2.96 bits per heavy atom. The molecule has 4 rings (SSSR count). The number of thiazole rings is 1. The third-order valence-electron chi connectivity index (χ3n) is 5.06. The zero-order valence-corrected chi connectivity index (χ0v) is 14.9. The van der Waals surface area contributed by atoms with Crippen LogP contribution in [0.3, 0.4) is 0 Å². The quantitative estimate of drug-likeness (QED) is 0.825. The first-order valence-electron chi connectivity index (χ1n) is 8.78. The summed E-state index contributed by atoms with van der Waals surface area (Å²) in [5.74, 6) is 1.59. The van der Waals surface area contributed by atoms with E-state index in [1.54, 1.807) is 11.3 Å². The topological polar surface area (TPSA) is 69.0 Å². The van der Waals surface area contributed by atoms with Gasteiger partial charge in [-0.3, -0.25) is 4.90 Å². The first kappa shape index (κ1) is 16.1. The molecule has 2 fully saturated rings. The predicted molar refractivity (Wildman–Crippen MR) is 90.6 cm³/mol. The van der Waals surface area contributed by atoms with Gasteiger partial charge in [-0.05, 0) is 55.5 Å². The number of tetrazole rings is 1. The fourth-order valence-corrected chi connectivity index (χ4v) is 4.38. The van der Waals surface area contributed by atoms with Gasteiger partial charge in [0.15, 0.2) is 5.82 Å². The molecule has 2 aliphatic rings. The average molecular weight is 348 g/mol. The highest BCUT2D eigenvalue weighted by atomic mass is 32.1. The number of ether oxygens (including phenoxy) is 1. The van der Waals surface area contributed by atoms with Crippen molar-refractivity contribution < 1.29 is 4.74 Å². The minimum atomic E-state index is 0.406. The number of hydrogen-bond acceptors (Lipinski definition) is 7. The Balaban J connectivity index is 1.44. The highest BCUT2D eigenvalue weighted by Crippen LogP contribution is 2.33. The Hall–Kier alpha value is -1.38. The molecular formula is C16H24N6OS. The molecule has 2 aromatic rings. The molecule has 0 unspecified atom stereocenters. The largest absolute Gasteiger partial charge is 0.381 e. The van der Waals surface area contributed by atoms with Gasteiger partial charge in [0.2, 0.25) is 0 Å². The lowest BCUT2D eigenvalue weighted by Crippen LogP contribution is -2.27. The highest BCUT2D eigenvalue weighted by molar-refractivity contribution is 7.09. The molecule has 0 spiro atoms. The molecule has 0 amide bonds. The Kier molecular flexibility index (Phi) is 4.86. The maximum Gasteiger partial charge on any atom is 0.165 e. The maximum absolute atomic E-state index is 5.45. The van der Waals surface area contributed by atoms with E-state index in [9.17, 15) is 0 Å². The van der Waals surface area contributed by atoms with Crippen LogP contribution < -0.4 is 0 Å². The summed E-state index contributed by atoms with van der Waals surface area (Å²) in [5, 5.41) is 15.8. The van der Waals surface area contributed by atoms with Gasteiger partial charge in [-0.25, -0.2) is 9.67 Å². The van der Waals surface area contributed by atoms with Crippen molar-refractivity contribution >= 4 is 11.3 Å². The molecule has 130 valence electrons. The Bertz CT molecular complexity index is 665. The van der Waals surface area contributed by atoms with E-state index in [4.69, 9.17) is 9.72 Å². The van der Waals surface area contributed by atoms with E-state index < -0.39 is 0 Å². The van der Waals surface area contributed by atoms with E-state index in [1.807, 2.05) is 4.68 Å². The lowest BCUT2D eigenvalue weighted by Gasteiger charge is -2.24. The van der Waals surface area contributed by atoms with Crippen molar-refractivity contribution in [2.24, 2.45) is 5.92 Å². The van der Waals surface area contributed by atoms with Gasteiger partial charge < -0.3 is 4.74 Å². The van der Waals surface area contributed by atoms with Crippen molar-refractivity contribution in [2.45, 2.75) is 51.7 Å². The molecule has 0 saturated carbocycles. The zero-order valence-electron chi connectivity index (χ0n) is 14.1. The molecule has 2 aliphatic heterocycles. The van der Waals surface area contributed by atoms with Crippen LogP contribution in [0.15, 0.2) is 5.38 Å². The summed E-state index contributed by atoms with van der Waals surface area (Å²) < 4.78 is 7.44. The summed E-state index contributed by atoms with van der Waals surface area (Å²) in [6.07, 6.45) is 4.58. The van der Waals surface area contributed by atoms with E-state index in [-0.39, 0.29) is 0 Å². The van der Waals surface area contributed by atoms with Crippen LogP contribution in [0.25, 0.3) is 0 Å². The first-order valence-corrected chi connectivity index (χ1v) is 9.66. The third kappa shape index (κ3) is 3.50. The molecule has 7 nitrogen and oxygen atoms in total. The van der Waals surface area contributed by atoms with Crippen molar-refractivity contribution in [1.82, 2.24) is 30.1 Å². The Morgan fingerprint density at radius 1 is 1.29 bits per heavy atom. The monoisotopic (exact) mass is 348 g/mol. The number of aromatic nitrogens is 5. The number of likely N-dealkylation sites (tertiary alicyclic amines) is 1. The molecule has 0 radical (unpaired) electrons. The maximum atomic E-state index is 5.45. The second kappa shape index (κ2) is 7.25. The number of aryl methyl sites for hydroxylation is 1. The van der Waals surface area contributed by atoms with Gasteiger partial charge in [-0.1, -0.05) is 0 Å². The summed E-state index contributed by atoms with van der Waals surface area (Å²) in [6.45, 7) is 6.59.